The van der Waals surface area contributed by atoms with Crippen LogP contribution in [0.5, 0.6) is 11.5 Å². The molecule has 0 radical (unpaired) electrons. The van der Waals surface area contributed by atoms with E-state index in [0.717, 1.165) is 22.7 Å². The van der Waals surface area contributed by atoms with Gasteiger partial charge in [0, 0.05) is 17.8 Å². The molecule has 19 heavy (non-hydrogen) atoms. The van der Waals surface area contributed by atoms with Crippen LogP contribution in [0.1, 0.15) is 0 Å². The predicted molar refractivity (Wildman–Crippen MR) is 69.3 cm³/mol. The van der Waals surface area contributed by atoms with Gasteiger partial charge in [-0.15, -0.1) is 5.10 Å². The largest absolute Gasteiger partial charge is 0.497 e. The molecule has 0 saturated carbocycles. The Morgan fingerprint density at radius 1 is 1.11 bits per heavy atom. The van der Waals surface area contributed by atoms with Gasteiger partial charge < -0.3 is 9.47 Å². The molecule has 0 unspecified atom stereocenters. The monoisotopic (exact) mass is 256 g/mol. The maximum Gasteiger partial charge on any atom is 0.159 e. The number of ether oxygens (including phenoxy) is 2. The molecule has 3 aromatic rings. The molecule has 0 amide bonds. The van der Waals surface area contributed by atoms with E-state index in [1.54, 1.807) is 26.7 Å². The molecular weight excluding hydrogens is 244 g/mol. The zero-order chi connectivity index (χ0) is 13.2. The Bertz CT molecular complexity index is 690. The minimum atomic E-state index is 0.712. The van der Waals surface area contributed by atoms with Crippen LogP contribution in [0.3, 0.4) is 0 Å². The van der Waals surface area contributed by atoms with Crippen molar-refractivity contribution in [2.45, 2.75) is 0 Å². The summed E-state index contributed by atoms with van der Waals surface area (Å²) in [6, 6.07) is 5.62. The van der Waals surface area contributed by atoms with E-state index in [1.165, 1.54) is 0 Å². The molecule has 0 spiro atoms. The Morgan fingerprint density at radius 3 is 2.74 bits per heavy atom. The summed E-state index contributed by atoms with van der Waals surface area (Å²) in [5.74, 6) is 1.45. The first-order valence-electron chi connectivity index (χ1n) is 5.69. The van der Waals surface area contributed by atoms with E-state index < -0.39 is 0 Å². The highest BCUT2D eigenvalue weighted by atomic mass is 16.5. The number of methoxy groups -OCH3 is 2. The van der Waals surface area contributed by atoms with Gasteiger partial charge in [-0.05, 0) is 12.1 Å². The highest BCUT2D eigenvalue weighted by Gasteiger charge is 2.11. The van der Waals surface area contributed by atoms with Crippen LogP contribution >= 0.6 is 0 Å². The average molecular weight is 256 g/mol. The molecule has 0 bridgehead atoms. The molecule has 2 aromatic heterocycles. The third-order valence-electron chi connectivity index (χ3n) is 2.86. The summed E-state index contributed by atoms with van der Waals surface area (Å²) in [7, 11) is 3.24. The van der Waals surface area contributed by atoms with Crippen molar-refractivity contribution in [3.63, 3.8) is 0 Å². The molecule has 0 atom stereocenters. The zero-order valence-corrected chi connectivity index (χ0v) is 10.6. The van der Waals surface area contributed by atoms with Gasteiger partial charge in [0.15, 0.2) is 5.65 Å². The average Bonchev–Trinajstić information content (AvgIpc) is 2.90. The van der Waals surface area contributed by atoms with E-state index in [4.69, 9.17) is 9.47 Å². The van der Waals surface area contributed by atoms with E-state index in [2.05, 4.69) is 15.2 Å². The lowest BCUT2D eigenvalue weighted by molar-refractivity contribution is 0.395. The minimum Gasteiger partial charge on any atom is -0.497 e. The normalized spacial score (nSPS) is 10.6. The van der Waals surface area contributed by atoms with Crippen molar-refractivity contribution in [2.24, 2.45) is 0 Å². The van der Waals surface area contributed by atoms with Crippen LogP contribution in [0.25, 0.3) is 16.9 Å². The number of rotatable bonds is 3. The van der Waals surface area contributed by atoms with Gasteiger partial charge in [-0.2, -0.15) is 5.10 Å². The summed E-state index contributed by atoms with van der Waals surface area (Å²) in [6.07, 6.45) is 5.11. The second-order valence-electron chi connectivity index (χ2n) is 3.93. The van der Waals surface area contributed by atoms with Crippen molar-refractivity contribution < 1.29 is 9.47 Å². The van der Waals surface area contributed by atoms with Gasteiger partial charge in [0.1, 0.15) is 17.8 Å². The van der Waals surface area contributed by atoms with Crippen LogP contribution in [-0.2, 0) is 0 Å². The molecule has 0 aliphatic heterocycles. The number of hydrogen-bond donors (Lipinski definition) is 0. The molecule has 0 aliphatic rings. The molecule has 6 nitrogen and oxygen atoms in total. The Morgan fingerprint density at radius 2 is 2.00 bits per heavy atom. The Labute approximate surface area is 109 Å². The molecule has 0 N–H and O–H groups in total. The smallest absolute Gasteiger partial charge is 0.159 e. The summed E-state index contributed by atoms with van der Waals surface area (Å²) in [5, 5.41) is 7.62. The lowest BCUT2D eigenvalue weighted by Gasteiger charge is -2.08. The molecule has 96 valence electrons. The molecule has 6 heteroatoms. The Kier molecular flexibility index (Phi) is 2.75. The van der Waals surface area contributed by atoms with Crippen LogP contribution in [-0.4, -0.2) is 33.8 Å². The fourth-order valence-corrected chi connectivity index (χ4v) is 1.91. The zero-order valence-electron chi connectivity index (χ0n) is 10.6. The first-order chi connectivity index (χ1) is 9.31. The number of benzene rings is 1. The Balaban J connectivity index is 2.15. The van der Waals surface area contributed by atoms with Crippen LogP contribution in [0.15, 0.2) is 36.9 Å². The van der Waals surface area contributed by atoms with E-state index >= 15 is 0 Å². The summed E-state index contributed by atoms with van der Waals surface area (Å²) in [6.45, 7) is 0. The molecule has 2 heterocycles. The van der Waals surface area contributed by atoms with Gasteiger partial charge in [-0.3, -0.25) is 4.40 Å². The summed E-state index contributed by atoms with van der Waals surface area (Å²) in [5.41, 5.74) is 2.43. The molecule has 0 aliphatic carbocycles. The first-order valence-corrected chi connectivity index (χ1v) is 5.69. The third-order valence-corrected chi connectivity index (χ3v) is 2.86. The molecular formula is C13H12N4O2. The van der Waals surface area contributed by atoms with Gasteiger partial charge in [-0.25, -0.2) is 4.98 Å². The van der Waals surface area contributed by atoms with Crippen molar-refractivity contribution in [3.8, 4) is 22.8 Å². The lowest BCUT2D eigenvalue weighted by Crippen LogP contribution is -1.90. The van der Waals surface area contributed by atoms with Crippen molar-refractivity contribution in [2.75, 3.05) is 14.2 Å². The standard InChI is InChI=1S/C13H12N4O2/c1-18-9-3-4-10(12(5-9)19-2)11-7-17-8-15-14-6-13(17)16-11/h3-8H,1-2H3. The lowest BCUT2D eigenvalue weighted by atomic mass is 10.1. The van der Waals surface area contributed by atoms with Gasteiger partial charge in [-0.1, -0.05) is 0 Å². The van der Waals surface area contributed by atoms with E-state index in [0.29, 0.717) is 5.75 Å². The van der Waals surface area contributed by atoms with Gasteiger partial charge in [0.05, 0.1) is 26.1 Å². The number of imidazole rings is 1. The third kappa shape index (κ3) is 1.97. The van der Waals surface area contributed by atoms with Crippen molar-refractivity contribution in [3.05, 3.63) is 36.9 Å². The van der Waals surface area contributed by atoms with Crippen molar-refractivity contribution in [1.82, 2.24) is 19.6 Å². The second-order valence-corrected chi connectivity index (χ2v) is 3.93. The maximum absolute atomic E-state index is 5.38. The molecule has 1 aromatic carbocycles. The second kappa shape index (κ2) is 4.56. The van der Waals surface area contributed by atoms with E-state index in [9.17, 15) is 0 Å². The molecule has 0 saturated heterocycles. The number of aromatic nitrogens is 4. The number of fused-ring (bicyclic) bond motifs is 1. The van der Waals surface area contributed by atoms with E-state index in [-0.39, 0.29) is 0 Å². The predicted octanol–water partition coefficient (Wildman–Crippen LogP) is 1.81. The summed E-state index contributed by atoms with van der Waals surface area (Å²) in [4.78, 5) is 4.49. The van der Waals surface area contributed by atoms with Crippen LogP contribution < -0.4 is 9.47 Å². The van der Waals surface area contributed by atoms with Crippen LogP contribution in [0, 0.1) is 0 Å². The van der Waals surface area contributed by atoms with Crippen LogP contribution in [0.4, 0.5) is 0 Å². The molecule has 3 rings (SSSR count). The van der Waals surface area contributed by atoms with Gasteiger partial charge >= 0.3 is 0 Å². The number of hydrogen-bond acceptors (Lipinski definition) is 5. The quantitative estimate of drug-likeness (QED) is 0.715. The fraction of sp³-hybridized carbons (Fsp3) is 0.154. The highest BCUT2D eigenvalue weighted by molar-refractivity contribution is 5.70. The van der Waals surface area contributed by atoms with Crippen molar-refractivity contribution in [1.29, 1.82) is 0 Å². The highest BCUT2D eigenvalue weighted by Crippen LogP contribution is 2.32. The van der Waals surface area contributed by atoms with Crippen molar-refractivity contribution >= 4 is 5.65 Å². The summed E-state index contributed by atoms with van der Waals surface area (Å²) >= 11 is 0. The van der Waals surface area contributed by atoms with Gasteiger partial charge in [0.2, 0.25) is 0 Å². The topological polar surface area (TPSA) is 61.5 Å². The van der Waals surface area contributed by atoms with Crippen LogP contribution in [0.2, 0.25) is 0 Å². The maximum atomic E-state index is 5.38. The minimum absolute atomic E-state index is 0.712. The Hall–Kier alpha value is -2.63. The van der Waals surface area contributed by atoms with E-state index in [1.807, 2.05) is 28.8 Å². The number of nitrogens with zero attached hydrogens (tertiary/aromatic N) is 4. The summed E-state index contributed by atoms with van der Waals surface area (Å²) < 4.78 is 12.4. The first kappa shape index (κ1) is 11.5. The fourth-order valence-electron chi connectivity index (χ4n) is 1.91. The SMILES string of the molecule is COc1ccc(-c2cn3cnncc3n2)c(OC)c1. The molecule has 0 fully saturated rings. The van der Waals surface area contributed by atoms with Gasteiger partial charge in [0.25, 0.3) is 0 Å².